The number of aliphatic carboxylic acids is 3. The number of methoxy groups -OCH3 is 3. The van der Waals surface area contributed by atoms with Crippen LogP contribution in [0.2, 0.25) is 0 Å². The van der Waals surface area contributed by atoms with Gasteiger partial charge in [0.25, 0.3) is 16.7 Å². The molecule has 120 heavy (non-hydrogen) atoms. The zero-order chi connectivity index (χ0) is 85.2. The van der Waals surface area contributed by atoms with Gasteiger partial charge < -0.3 is 71.7 Å². The average Bonchev–Trinajstić information content (AvgIpc) is 1.14. The second-order valence-electron chi connectivity index (χ2n) is 31.5. The fraction of sp³-hybridized carbons (Fsp3) is 0.433. The maximum Gasteiger partial charge on any atom is 0.330 e. The third-order valence-electron chi connectivity index (χ3n) is 24.1. The number of benzene rings is 6. The van der Waals surface area contributed by atoms with Crippen molar-refractivity contribution in [2.45, 2.75) is 154 Å². The number of carboxylic acids is 3. The predicted octanol–water partition coefficient (Wildman–Crippen LogP) is 8.99. The van der Waals surface area contributed by atoms with Gasteiger partial charge >= 0.3 is 35.0 Å². The molecule has 3 atom stereocenters. The van der Waals surface area contributed by atoms with Crippen molar-refractivity contribution in [3.05, 3.63) is 259 Å². The molecule has 9 aromatic rings. The monoisotopic (exact) mass is 1650 g/mol. The Balaban J connectivity index is 0.000000156. The molecule has 6 aliphatic rings. The van der Waals surface area contributed by atoms with E-state index in [-0.39, 0.29) is 110 Å². The molecule has 6 aromatic carbocycles. The summed E-state index contributed by atoms with van der Waals surface area (Å²) in [4.78, 5) is 115. The molecule has 3 aliphatic heterocycles. The van der Waals surface area contributed by atoms with Crippen molar-refractivity contribution in [3.63, 3.8) is 0 Å². The van der Waals surface area contributed by atoms with Crippen LogP contribution >= 0.6 is 0 Å². The smallest absolute Gasteiger partial charge is 0.330 e. The van der Waals surface area contributed by atoms with Crippen molar-refractivity contribution in [3.8, 4) is 51.7 Å². The van der Waals surface area contributed by atoms with Gasteiger partial charge in [-0.1, -0.05) is 54.6 Å². The molecule has 0 radical (unpaired) electrons. The van der Waals surface area contributed by atoms with Gasteiger partial charge in [-0.15, -0.1) is 0 Å². The first-order chi connectivity index (χ1) is 57.7. The van der Waals surface area contributed by atoms with Crippen LogP contribution in [0.3, 0.4) is 0 Å². The molecule has 3 saturated carbocycles. The SMILES string of the molecule is COc1cc(CN(C(C)c2ccc3c(c2)CCO3)[C@H]2C[C@@H](C(=O)O)C2)ccc1OCCn1c(=O)ccn(C)c1=O.COc1cc(CN(C(C)c2ccc3c(c2)CCO3)[C@H]2C[C@H](C(=O)O)C2)ccc1OCCn1c(=O)ccn(C)c1=O.COc1cc(CN([C@H]2C[C@@H](C(=O)O)C2)[C@H](C)c2ccc3c(c2)CCO3)ccc1OCCn1c(=O)ccn(C)c1=O. The Bertz CT molecular complexity index is 5060. The van der Waals surface area contributed by atoms with E-state index in [9.17, 15) is 58.5 Å². The summed E-state index contributed by atoms with van der Waals surface area (Å²) < 4.78 is 59.0. The van der Waals surface area contributed by atoms with Gasteiger partial charge in [0, 0.05) is 133 Å². The van der Waals surface area contributed by atoms with E-state index in [2.05, 4.69) is 71.9 Å². The molecule has 3 aliphatic carbocycles. The highest BCUT2D eigenvalue weighted by Crippen LogP contribution is 2.44. The van der Waals surface area contributed by atoms with Crippen LogP contribution < -0.4 is 76.4 Å². The van der Waals surface area contributed by atoms with Crippen molar-refractivity contribution in [2.75, 3.05) is 61.0 Å². The Morgan fingerprint density at radius 3 is 0.900 bits per heavy atom. The molecule has 0 spiro atoms. The van der Waals surface area contributed by atoms with E-state index < -0.39 is 35.0 Å². The molecule has 30 heteroatoms. The highest BCUT2D eigenvalue weighted by Gasteiger charge is 2.43. The molecular weight excluding hydrogens is 1540 g/mol. The second kappa shape index (κ2) is 38.3. The first-order valence-electron chi connectivity index (χ1n) is 40.7. The molecule has 30 nitrogen and oxygen atoms in total. The molecule has 636 valence electrons. The Morgan fingerprint density at radius 1 is 0.383 bits per heavy atom. The lowest BCUT2D eigenvalue weighted by Gasteiger charge is -2.44. The maximum absolute atomic E-state index is 12.3. The summed E-state index contributed by atoms with van der Waals surface area (Å²) in [6.07, 6.45) is 10.7. The lowest BCUT2D eigenvalue weighted by molar-refractivity contribution is -0.148. The molecule has 6 heterocycles. The fourth-order valence-corrected chi connectivity index (χ4v) is 16.5. The van der Waals surface area contributed by atoms with Crippen LogP contribution in [0.1, 0.15) is 127 Å². The van der Waals surface area contributed by atoms with Crippen molar-refractivity contribution in [1.29, 1.82) is 0 Å². The molecule has 0 amide bonds. The number of nitrogens with zero attached hydrogens (tertiary/aromatic N) is 9. The lowest BCUT2D eigenvalue weighted by Crippen LogP contribution is -2.47. The van der Waals surface area contributed by atoms with Crippen LogP contribution in [-0.2, 0) is 94.1 Å². The summed E-state index contributed by atoms with van der Waals surface area (Å²) in [6, 6.07) is 40.8. The first kappa shape index (κ1) is 85.7. The lowest BCUT2D eigenvalue weighted by atomic mass is 9.78. The summed E-state index contributed by atoms with van der Waals surface area (Å²) in [5.41, 5.74) is 7.86. The molecular formula is C90H105N9O21. The summed E-state index contributed by atoms with van der Waals surface area (Å²) >= 11 is 0. The molecule has 3 aromatic heterocycles. The van der Waals surface area contributed by atoms with Gasteiger partial charge in [0.1, 0.15) is 37.1 Å². The Morgan fingerprint density at radius 2 is 0.650 bits per heavy atom. The van der Waals surface area contributed by atoms with E-state index in [0.717, 1.165) is 66.9 Å². The van der Waals surface area contributed by atoms with E-state index >= 15 is 0 Å². The van der Waals surface area contributed by atoms with Gasteiger partial charge in [0.15, 0.2) is 34.5 Å². The largest absolute Gasteiger partial charge is 0.493 e. The molecule has 3 N–H and O–H groups in total. The number of hydrogen-bond acceptors (Lipinski definition) is 21. The van der Waals surface area contributed by atoms with Gasteiger partial charge in [-0.2, -0.15) is 0 Å². The minimum absolute atomic E-state index is 0.0689. The van der Waals surface area contributed by atoms with Crippen LogP contribution in [0.5, 0.6) is 51.7 Å². The molecule has 0 bridgehead atoms. The summed E-state index contributed by atoms with van der Waals surface area (Å²) in [6.45, 7) is 11.1. The molecule has 2 unspecified atom stereocenters. The zero-order valence-corrected chi connectivity index (χ0v) is 69.1. The van der Waals surface area contributed by atoms with Crippen molar-refractivity contribution in [2.24, 2.45) is 38.9 Å². The summed E-state index contributed by atoms with van der Waals surface area (Å²) in [5.74, 6) is 2.85. The van der Waals surface area contributed by atoms with Crippen molar-refractivity contribution >= 4 is 17.9 Å². The van der Waals surface area contributed by atoms with Gasteiger partial charge in [-0.25, -0.2) is 14.4 Å². The van der Waals surface area contributed by atoms with E-state index in [0.29, 0.717) is 112 Å². The molecule has 0 saturated heterocycles. The number of aryl methyl sites for hydroxylation is 3. The molecule has 15 rings (SSSR count). The number of rotatable bonds is 33. The number of carboxylic acid groups (broad SMARTS) is 3. The normalized spacial score (nSPS) is 18.5. The quantitative estimate of drug-likeness (QED) is 0.0345. The third-order valence-corrected chi connectivity index (χ3v) is 24.1. The van der Waals surface area contributed by atoms with Gasteiger partial charge in [0.2, 0.25) is 0 Å². The number of aromatic nitrogens is 6. The first-order valence-corrected chi connectivity index (χ1v) is 40.7. The van der Waals surface area contributed by atoms with Gasteiger partial charge in [0.05, 0.1) is 78.5 Å². The number of fused-ring (bicyclic) bond motifs is 3. The Labute approximate surface area is 693 Å². The number of ether oxygens (including phenoxy) is 9. The predicted molar refractivity (Wildman–Crippen MR) is 445 cm³/mol. The number of hydrogen-bond donors (Lipinski definition) is 3. The van der Waals surface area contributed by atoms with Crippen LogP contribution in [-0.4, -0.2) is 154 Å². The Kier molecular flexibility index (Phi) is 27.3. The van der Waals surface area contributed by atoms with Crippen molar-refractivity contribution in [1.82, 2.24) is 42.1 Å². The van der Waals surface area contributed by atoms with Crippen molar-refractivity contribution < 1.29 is 72.3 Å². The van der Waals surface area contributed by atoms with Crippen LogP contribution in [0.4, 0.5) is 0 Å². The zero-order valence-electron chi connectivity index (χ0n) is 69.1. The highest BCUT2D eigenvalue weighted by atomic mass is 16.5. The fourth-order valence-electron chi connectivity index (χ4n) is 16.5. The minimum Gasteiger partial charge on any atom is -0.493 e. The van der Waals surface area contributed by atoms with E-state index in [1.165, 1.54) is 83.9 Å². The summed E-state index contributed by atoms with van der Waals surface area (Å²) in [5, 5.41) is 28.4. The van der Waals surface area contributed by atoms with E-state index in [4.69, 9.17) is 42.6 Å². The van der Waals surface area contributed by atoms with E-state index in [1.807, 2.05) is 72.8 Å². The number of carbonyl (C=O) groups is 3. The van der Waals surface area contributed by atoms with Crippen LogP contribution in [0, 0.1) is 17.8 Å². The minimum atomic E-state index is -0.739. The Hall–Kier alpha value is -12.2. The van der Waals surface area contributed by atoms with Gasteiger partial charge in [-0.3, -0.25) is 57.2 Å². The second-order valence-corrected chi connectivity index (χ2v) is 31.5. The summed E-state index contributed by atoms with van der Waals surface area (Å²) in [7, 11) is 9.49. The van der Waals surface area contributed by atoms with E-state index in [1.54, 1.807) is 42.5 Å². The van der Waals surface area contributed by atoms with Crippen LogP contribution in [0.25, 0.3) is 0 Å². The molecule has 3 fully saturated rings. The average molecular weight is 1650 g/mol. The maximum atomic E-state index is 12.3. The van der Waals surface area contributed by atoms with Crippen LogP contribution in [0.15, 0.2) is 175 Å². The standard InChI is InChI=1S/3C30H35N3O7/c3*1-19(21-5-7-25-22(15-21)9-12-39-25)33(24-16-23(17-24)29(35)36)18-20-4-6-26(27(14-20)38-3)40-13-11-32-28(34)8-10-31(2)30(32)37/h3*4-8,10,14-15,19,23-24H,9,11-13,16-18H2,1-3H3,(H,35,36)/t19?,23-,24+;19?,23-,24-;19-,23-,24+/m..1/s1. The highest BCUT2D eigenvalue weighted by molar-refractivity contribution is 5.72. The van der Waals surface area contributed by atoms with Gasteiger partial charge in [-0.05, 0) is 164 Å². The third kappa shape index (κ3) is 19.7. The topological polar surface area (TPSA) is 337 Å².